The van der Waals surface area contributed by atoms with Gasteiger partial charge >= 0.3 is 0 Å². The van der Waals surface area contributed by atoms with E-state index in [2.05, 4.69) is 5.32 Å². The van der Waals surface area contributed by atoms with Crippen molar-refractivity contribution in [1.29, 1.82) is 0 Å². The van der Waals surface area contributed by atoms with E-state index in [-0.39, 0.29) is 30.5 Å². The molecule has 5 nitrogen and oxygen atoms in total. The molecule has 1 saturated carbocycles. The van der Waals surface area contributed by atoms with Gasteiger partial charge in [-0.05, 0) is 62.8 Å². The topological polar surface area (TPSA) is 73.6 Å². The molecule has 3 rings (SSSR count). The van der Waals surface area contributed by atoms with Crippen LogP contribution in [0.4, 0.5) is 0 Å². The summed E-state index contributed by atoms with van der Waals surface area (Å²) < 4.78 is 11.2. The summed E-state index contributed by atoms with van der Waals surface area (Å²) >= 11 is 0. The van der Waals surface area contributed by atoms with Gasteiger partial charge in [0.1, 0.15) is 12.4 Å². The van der Waals surface area contributed by atoms with Gasteiger partial charge in [-0.25, -0.2) is 0 Å². The average molecular weight is 355 g/mol. The first kappa shape index (κ1) is 19.0. The Kier molecular flexibility index (Phi) is 7.34. The maximum absolute atomic E-state index is 12.3. The van der Waals surface area contributed by atoms with Crippen LogP contribution >= 0.6 is 12.4 Å². The number of hydrogen-bond donors (Lipinski definition) is 2. The van der Waals surface area contributed by atoms with Crippen LogP contribution < -0.4 is 15.8 Å². The number of amides is 1. The molecule has 24 heavy (non-hydrogen) atoms. The molecule has 1 aromatic carbocycles. The molecule has 1 aromatic rings. The predicted molar refractivity (Wildman–Crippen MR) is 95.9 cm³/mol. The molecule has 1 unspecified atom stereocenters. The lowest BCUT2D eigenvalue weighted by Gasteiger charge is -2.26. The second-order valence-electron chi connectivity index (χ2n) is 6.56. The Labute approximate surface area is 149 Å². The second kappa shape index (κ2) is 9.25. The lowest BCUT2D eigenvalue weighted by atomic mass is 9.91. The van der Waals surface area contributed by atoms with Crippen molar-refractivity contribution in [2.24, 2.45) is 5.73 Å². The zero-order chi connectivity index (χ0) is 16.1. The van der Waals surface area contributed by atoms with Gasteiger partial charge in [0.05, 0.1) is 6.10 Å². The molecule has 0 spiro atoms. The summed E-state index contributed by atoms with van der Waals surface area (Å²) in [6.07, 6.45) is 6.29. The van der Waals surface area contributed by atoms with Gasteiger partial charge in [0.25, 0.3) is 5.91 Å². The molecule has 2 aliphatic rings. The lowest BCUT2D eigenvalue weighted by Crippen LogP contribution is -2.40. The van der Waals surface area contributed by atoms with Crippen molar-refractivity contribution in [3.63, 3.8) is 0 Å². The predicted octanol–water partition coefficient (Wildman–Crippen LogP) is 2.67. The number of carbonyl (C=O) groups is 1. The van der Waals surface area contributed by atoms with E-state index in [1.807, 2.05) is 24.3 Å². The summed E-state index contributed by atoms with van der Waals surface area (Å²) in [6, 6.07) is 7.87. The van der Waals surface area contributed by atoms with Crippen LogP contribution in [0.15, 0.2) is 24.3 Å². The van der Waals surface area contributed by atoms with Crippen LogP contribution in [0.25, 0.3) is 0 Å². The molecule has 0 aromatic heterocycles. The van der Waals surface area contributed by atoms with Crippen molar-refractivity contribution >= 4 is 18.3 Å². The van der Waals surface area contributed by atoms with Gasteiger partial charge in [0.2, 0.25) is 0 Å². The van der Waals surface area contributed by atoms with E-state index in [0.29, 0.717) is 18.2 Å². The van der Waals surface area contributed by atoms with E-state index < -0.39 is 0 Å². The van der Waals surface area contributed by atoms with Crippen LogP contribution in [0.5, 0.6) is 5.75 Å². The number of benzene rings is 1. The normalized spacial score (nSPS) is 26.5. The largest absolute Gasteiger partial charge is 0.491 e. The Hall–Kier alpha value is -1.30. The molecule has 1 amide bonds. The molecule has 2 fully saturated rings. The van der Waals surface area contributed by atoms with Gasteiger partial charge in [-0.3, -0.25) is 4.79 Å². The SMILES string of the molecule is Cl.NC1CCC(NC(=O)c2ccc(OCC3CCCO3)cc2)CC1. The number of nitrogens with one attached hydrogen (secondary N) is 1. The molecule has 1 aliphatic carbocycles. The second-order valence-corrected chi connectivity index (χ2v) is 6.56. The highest BCUT2D eigenvalue weighted by atomic mass is 35.5. The standard InChI is InChI=1S/C18H26N2O3.ClH/c19-14-5-7-15(8-6-14)20-18(21)13-3-9-16(10-4-13)23-12-17-2-1-11-22-17;/h3-4,9-10,14-15,17H,1-2,5-8,11-12,19H2,(H,20,21);1H. The quantitative estimate of drug-likeness (QED) is 0.852. The van der Waals surface area contributed by atoms with Gasteiger partial charge < -0.3 is 20.5 Å². The van der Waals surface area contributed by atoms with E-state index >= 15 is 0 Å². The molecule has 1 heterocycles. The summed E-state index contributed by atoms with van der Waals surface area (Å²) in [7, 11) is 0. The van der Waals surface area contributed by atoms with Gasteiger partial charge in [0.15, 0.2) is 0 Å². The Morgan fingerprint density at radius 3 is 2.50 bits per heavy atom. The van der Waals surface area contributed by atoms with Crippen LogP contribution in [-0.4, -0.2) is 37.3 Å². The highest BCUT2D eigenvalue weighted by Crippen LogP contribution is 2.19. The van der Waals surface area contributed by atoms with Crippen LogP contribution in [-0.2, 0) is 4.74 Å². The van der Waals surface area contributed by atoms with Gasteiger partial charge in [-0.1, -0.05) is 0 Å². The van der Waals surface area contributed by atoms with E-state index in [4.69, 9.17) is 15.2 Å². The lowest BCUT2D eigenvalue weighted by molar-refractivity contribution is 0.0679. The van der Waals surface area contributed by atoms with Crippen molar-refractivity contribution in [2.75, 3.05) is 13.2 Å². The fourth-order valence-corrected chi connectivity index (χ4v) is 3.20. The maximum atomic E-state index is 12.3. The van der Waals surface area contributed by atoms with Crippen molar-refractivity contribution in [3.8, 4) is 5.75 Å². The minimum atomic E-state index is -0.0175. The molecular formula is C18H27ClN2O3. The molecule has 6 heteroatoms. The molecular weight excluding hydrogens is 328 g/mol. The van der Waals surface area contributed by atoms with Crippen molar-refractivity contribution in [3.05, 3.63) is 29.8 Å². The minimum Gasteiger partial charge on any atom is -0.491 e. The van der Waals surface area contributed by atoms with Crippen LogP contribution in [0.1, 0.15) is 48.9 Å². The first-order valence-electron chi connectivity index (χ1n) is 8.61. The molecule has 1 aliphatic heterocycles. The highest BCUT2D eigenvalue weighted by Gasteiger charge is 2.20. The van der Waals surface area contributed by atoms with Gasteiger partial charge in [-0.2, -0.15) is 0 Å². The summed E-state index contributed by atoms with van der Waals surface area (Å²) in [4.78, 5) is 12.3. The number of ether oxygens (including phenoxy) is 2. The first-order valence-corrected chi connectivity index (χ1v) is 8.61. The Bertz CT molecular complexity index is 510. The monoisotopic (exact) mass is 354 g/mol. The van der Waals surface area contributed by atoms with Crippen molar-refractivity contribution in [1.82, 2.24) is 5.32 Å². The smallest absolute Gasteiger partial charge is 0.251 e. The Morgan fingerprint density at radius 2 is 1.88 bits per heavy atom. The number of rotatable bonds is 5. The zero-order valence-corrected chi connectivity index (χ0v) is 14.7. The molecule has 134 valence electrons. The maximum Gasteiger partial charge on any atom is 0.251 e. The van der Waals surface area contributed by atoms with Crippen LogP contribution in [0.2, 0.25) is 0 Å². The minimum absolute atomic E-state index is 0. The van der Waals surface area contributed by atoms with E-state index in [1.54, 1.807) is 0 Å². The molecule has 0 radical (unpaired) electrons. The molecule has 0 bridgehead atoms. The van der Waals surface area contributed by atoms with Crippen LogP contribution in [0, 0.1) is 0 Å². The van der Waals surface area contributed by atoms with E-state index in [9.17, 15) is 4.79 Å². The summed E-state index contributed by atoms with van der Waals surface area (Å²) in [5, 5.41) is 3.10. The summed E-state index contributed by atoms with van der Waals surface area (Å²) in [6.45, 7) is 1.41. The Balaban J connectivity index is 0.00000208. The van der Waals surface area contributed by atoms with Crippen LogP contribution in [0.3, 0.4) is 0 Å². The molecule has 1 atom stereocenters. The zero-order valence-electron chi connectivity index (χ0n) is 13.9. The molecule has 1 saturated heterocycles. The van der Waals surface area contributed by atoms with E-state index in [1.165, 1.54) is 0 Å². The third kappa shape index (κ3) is 5.36. The highest BCUT2D eigenvalue weighted by molar-refractivity contribution is 5.94. The first-order chi connectivity index (χ1) is 11.2. The summed E-state index contributed by atoms with van der Waals surface area (Å²) in [5.41, 5.74) is 6.56. The Morgan fingerprint density at radius 1 is 1.17 bits per heavy atom. The summed E-state index contributed by atoms with van der Waals surface area (Å²) in [5.74, 6) is 0.761. The fourth-order valence-electron chi connectivity index (χ4n) is 3.20. The number of hydrogen-bond acceptors (Lipinski definition) is 4. The average Bonchev–Trinajstić information content (AvgIpc) is 3.09. The number of carbonyl (C=O) groups excluding carboxylic acids is 1. The fraction of sp³-hybridized carbons (Fsp3) is 0.611. The number of halogens is 1. The molecule has 3 N–H and O–H groups in total. The number of nitrogens with two attached hydrogens (primary N) is 1. The third-order valence-corrected chi connectivity index (χ3v) is 4.68. The van der Waals surface area contributed by atoms with Crippen molar-refractivity contribution in [2.45, 2.75) is 56.7 Å². The van der Waals surface area contributed by atoms with Gasteiger partial charge in [0, 0.05) is 24.3 Å². The third-order valence-electron chi connectivity index (χ3n) is 4.68. The van der Waals surface area contributed by atoms with Gasteiger partial charge in [-0.15, -0.1) is 12.4 Å². The van der Waals surface area contributed by atoms with Crippen molar-refractivity contribution < 1.29 is 14.3 Å². The van der Waals surface area contributed by atoms with E-state index in [0.717, 1.165) is 50.9 Å².